The lowest BCUT2D eigenvalue weighted by Gasteiger charge is -2.26. The Morgan fingerprint density at radius 1 is 1.16 bits per heavy atom. The van der Waals surface area contributed by atoms with Gasteiger partial charge in [-0.2, -0.15) is 0 Å². The maximum Gasteiger partial charge on any atom is 0.573 e. The second-order valence-corrected chi connectivity index (χ2v) is 6.48. The van der Waals surface area contributed by atoms with Crippen molar-refractivity contribution < 1.29 is 37.0 Å². The number of carbonyl (C=O) groups is 2. The van der Waals surface area contributed by atoms with Gasteiger partial charge in [0.1, 0.15) is 5.75 Å². The minimum atomic E-state index is -4.93. The van der Waals surface area contributed by atoms with Crippen LogP contribution in [0.25, 0.3) is 0 Å². The molecular formula is C21H13F3N2O5. The third-order valence-electron chi connectivity index (χ3n) is 4.53. The number of alkyl halides is 3. The minimum absolute atomic E-state index is 0.0191. The van der Waals surface area contributed by atoms with Crippen molar-refractivity contribution in [3.63, 3.8) is 0 Å². The van der Waals surface area contributed by atoms with Gasteiger partial charge in [0, 0.05) is 24.1 Å². The second-order valence-electron chi connectivity index (χ2n) is 6.48. The number of furan rings is 1. The zero-order valence-corrected chi connectivity index (χ0v) is 15.5. The van der Waals surface area contributed by atoms with Gasteiger partial charge in [-0.05, 0) is 35.9 Å². The Bertz CT molecular complexity index is 1160. The summed E-state index contributed by atoms with van der Waals surface area (Å²) >= 11 is 0. The lowest BCUT2D eigenvalue weighted by Crippen LogP contribution is -2.31. The molecule has 1 amide bonds. The molecule has 0 saturated heterocycles. The van der Waals surface area contributed by atoms with Crippen LogP contribution >= 0.6 is 0 Å². The first-order valence-electron chi connectivity index (χ1n) is 8.87. The molecule has 1 aliphatic heterocycles. The molecule has 2 aromatic heterocycles. The number of ether oxygens (including phenoxy) is 1. The molecular weight excluding hydrogens is 417 g/mol. The molecule has 3 heterocycles. The number of anilines is 1. The van der Waals surface area contributed by atoms with Crippen LogP contribution in [0, 0.1) is 0 Å². The molecule has 1 unspecified atom stereocenters. The normalized spacial score (nSPS) is 16.7. The Labute approximate surface area is 173 Å². The largest absolute Gasteiger partial charge is 0.573 e. The standard InChI is InChI=1S/C21H13F3N2O5/c22-21(23,24)31-14-6-1-5-13(10-14)26-17(12-4-2-8-25-11-12)16(19(28)20(26)29)18(27)15-7-3-9-30-15/h1-11,17,28H. The monoisotopic (exact) mass is 430 g/mol. The van der Waals surface area contributed by atoms with Gasteiger partial charge < -0.3 is 14.3 Å². The summed E-state index contributed by atoms with van der Waals surface area (Å²) in [5.74, 6) is -3.22. The van der Waals surface area contributed by atoms with Crippen molar-refractivity contribution in [2.45, 2.75) is 12.4 Å². The highest BCUT2D eigenvalue weighted by Crippen LogP contribution is 2.42. The number of hydrogen-bond acceptors (Lipinski definition) is 6. The van der Waals surface area contributed by atoms with Gasteiger partial charge in [-0.1, -0.05) is 12.1 Å². The van der Waals surface area contributed by atoms with Crippen LogP contribution in [0.2, 0.25) is 0 Å². The number of hydrogen-bond donors (Lipinski definition) is 1. The van der Waals surface area contributed by atoms with Crippen LogP contribution in [0.4, 0.5) is 18.9 Å². The molecule has 31 heavy (non-hydrogen) atoms. The zero-order valence-electron chi connectivity index (χ0n) is 15.5. The molecule has 0 aliphatic carbocycles. The summed E-state index contributed by atoms with van der Waals surface area (Å²) in [6.07, 6.45) is -0.817. The maximum absolute atomic E-state index is 13.0. The molecule has 158 valence electrons. The summed E-state index contributed by atoms with van der Waals surface area (Å²) in [5.41, 5.74) is 0.0569. The van der Waals surface area contributed by atoms with Crippen molar-refractivity contribution in [3.05, 3.63) is 89.8 Å². The molecule has 1 N–H and O–H groups in total. The maximum atomic E-state index is 13.0. The fraction of sp³-hybridized carbons (Fsp3) is 0.0952. The summed E-state index contributed by atoms with van der Waals surface area (Å²) in [7, 11) is 0. The van der Waals surface area contributed by atoms with Crippen LogP contribution < -0.4 is 9.64 Å². The van der Waals surface area contributed by atoms with E-state index in [1.165, 1.54) is 42.9 Å². The van der Waals surface area contributed by atoms with Gasteiger partial charge in [-0.15, -0.1) is 13.2 Å². The summed E-state index contributed by atoms with van der Waals surface area (Å²) in [5, 5.41) is 10.5. The Morgan fingerprint density at radius 3 is 2.61 bits per heavy atom. The Balaban J connectivity index is 1.82. The van der Waals surface area contributed by atoms with Crippen molar-refractivity contribution >= 4 is 17.4 Å². The molecule has 0 saturated carbocycles. The lowest BCUT2D eigenvalue weighted by atomic mass is 9.96. The molecule has 0 radical (unpaired) electrons. The molecule has 1 atom stereocenters. The Kier molecular flexibility index (Phi) is 4.97. The first-order valence-corrected chi connectivity index (χ1v) is 8.87. The molecule has 1 aromatic carbocycles. The van der Waals surface area contributed by atoms with Crippen LogP contribution in [-0.2, 0) is 4.79 Å². The van der Waals surface area contributed by atoms with Gasteiger partial charge >= 0.3 is 6.36 Å². The van der Waals surface area contributed by atoms with Gasteiger partial charge in [0.2, 0.25) is 5.78 Å². The smallest absolute Gasteiger partial charge is 0.503 e. The average molecular weight is 430 g/mol. The highest BCUT2D eigenvalue weighted by atomic mass is 19.4. The van der Waals surface area contributed by atoms with Crippen LogP contribution in [0.3, 0.4) is 0 Å². The molecule has 4 rings (SSSR count). The fourth-order valence-corrected chi connectivity index (χ4v) is 3.33. The van der Waals surface area contributed by atoms with E-state index in [-0.39, 0.29) is 17.0 Å². The van der Waals surface area contributed by atoms with Crippen molar-refractivity contribution in [3.8, 4) is 5.75 Å². The van der Waals surface area contributed by atoms with E-state index in [0.29, 0.717) is 5.56 Å². The quantitative estimate of drug-likeness (QED) is 0.605. The minimum Gasteiger partial charge on any atom is -0.503 e. The number of halogens is 3. The van der Waals surface area contributed by atoms with Crippen molar-refractivity contribution in [1.29, 1.82) is 0 Å². The van der Waals surface area contributed by atoms with Crippen LogP contribution in [0.1, 0.15) is 22.2 Å². The third-order valence-corrected chi connectivity index (χ3v) is 4.53. The lowest BCUT2D eigenvalue weighted by molar-refractivity contribution is -0.274. The molecule has 0 spiro atoms. The average Bonchev–Trinajstić information content (AvgIpc) is 3.35. The van der Waals surface area contributed by atoms with Crippen LogP contribution in [0.5, 0.6) is 5.75 Å². The predicted molar refractivity (Wildman–Crippen MR) is 100 cm³/mol. The van der Waals surface area contributed by atoms with E-state index in [1.54, 1.807) is 12.1 Å². The van der Waals surface area contributed by atoms with E-state index in [9.17, 15) is 27.9 Å². The van der Waals surface area contributed by atoms with Crippen LogP contribution in [0.15, 0.2) is 82.9 Å². The number of aromatic nitrogens is 1. The number of amides is 1. The van der Waals surface area contributed by atoms with E-state index in [1.807, 2.05) is 0 Å². The number of aliphatic hydroxyl groups is 1. The molecule has 7 nitrogen and oxygen atoms in total. The van der Waals surface area contributed by atoms with E-state index in [2.05, 4.69) is 9.72 Å². The summed E-state index contributed by atoms with van der Waals surface area (Å²) in [6, 6.07) is 9.49. The van der Waals surface area contributed by atoms with E-state index < -0.39 is 35.6 Å². The molecule has 0 fully saturated rings. The number of Topliss-reactive ketones (excluding diaryl/α,β-unsaturated/α-hetero) is 1. The van der Waals surface area contributed by atoms with E-state index in [4.69, 9.17) is 4.42 Å². The van der Waals surface area contributed by atoms with Crippen molar-refractivity contribution in [1.82, 2.24) is 4.98 Å². The van der Waals surface area contributed by atoms with E-state index >= 15 is 0 Å². The van der Waals surface area contributed by atoms with E-state index in [0.717, 1.165) is 17.0 Å². The number of rotatable bonds is 5. The number of aliphatic hydroxyl groups excluding tert-OH is 1. The molecule has 10 heteroatoms. The number of benzene rings is 1. The SMILES string of the molecule is O=C(C1=C(O)C(=O)N(c2cccc(OC(F)(F)F)c2)C1c1cccnc1)c1ccco1. The molecule has 3 aromatic rings. The third kappa shape index (κ3) is 3.87. The topological polar surface area (TPSA) is 92.9 Å². The number of pyridine rings is 1. The zero-order chi connectivity index (χ0) is 22.2. The molecule has 1 aliphatic rings. The fourth-order valence-electron chi connectivity index (χ4n) is 3.33. The highest BCUT2D eigenvalue weighted by Gasteiger charge is 2.45. The summed E-state index contributed by atoms with van der Waals surface area (Å²) in [6.45, 7) is 0. The van der Waals surface area contributed by atoms with Gasteiger partial charge in [0.05, 0.1) is 17.9 Å². The van der Waals surface area contributed by atoms with Crippen molar-refractivity contribution in [2.75, 3.05) is 4.90 Å². The predicted octanol–water partition coefficient (Wildman–Crippen LogP) is 4.36. The number of ketones is 1. The first-order chi connectivity index (χ1) is 14.8. The summed E-state index contributed by atoms with van der Waals surface area (Å²) in [4.78, 5) is 30.9. The highest BCUT2D eigenvalue weighted by molar-refractivity contribution is 6.20. The Hall–Kier alpha value is -4.08. The first kappa shape index (κ1) is 20.2. The van der Waals surface area contributed by atoms with Gasteiger partial charge in [0.15, 0.2) is 11.5 Å². The van der Waals surface area contributed by atoms with Gasteiger partial charge in [-0.25, -0.2) is 0 Å². The van der Waals surface area contributed by atoms with Crippen molar-refractivity contribution in [2.24, 2.45) is 0 Å². The summed E-state index contributed by atoms with van der Waals surface area (Å²) < 4.78 is 47.0. The van der Waals surface area contributed by atoms with Crippen LogP contribution in [-0.4, -0.2) is 28.1 Å². The molecule has 0 bridgehead atoms. The Morgan fingerprint density at radius 2 is 1.97 bits per heavy atom. The van der Waals surface area contributed by atoms with Gasteiger partial charge in [0.25, 0.3) is 5.91 Å². The second kappa shape index (κ2) is 7.63. The number of nitrogens with zero attached hydrogens (tertiary/aromatic N) is 2. The number of carbonyl (C=O) groups excluding carboxylic acids is 2. The van der Waals surface area contributed by atoms with Gasteiger partial charge in [-0.3, -0.25) is 19.5 Å².